The maximum atomic E-state index is 9.88. The standard InChI is InChI=1S/C13H18O6S/c1-6-2-3-9(20)7(4-6)18-13-12(17)11(16)10(15)8(5-14)19-13/h2-4,8,10-17,20H,5H2,1H3/t8-,10-,11+,12-,13?/m1/s1. The summed E-state index contributed by atoms with van der Waals surface area (Å²) in [5.41, 5.74) is 0.933. The molecule has 1 aromatic carbocycles. The average molecular weight is 302 g/mol. The Kier molecular flexibility index (Phi) is 4.90. The first-order valence-electron chi connectivity index (χ1n) is 6.21. The summed E-state index contributed by atoms with van der Waals surface area (Å²) in [7, 11) is 0. The Morgan fingerprint density at radius 2 is 1.90 bits per heavy atom. The minimum Gasteiger partial charge on any atom is -0.461 e. The summed E-state index contributed by atoms with van der Waals surface area (Å²) in [4.78, 5) is 0.549. The third kappa shape index (κ3) is 3.08. The molecule has 1 fully saturated rings. The quantitative estimate of drug-likeness (QED) is 0.481. The highest BCUT2D eigenvalue weighted by atomic mass is 32.1. The van der Waals surface area contributed by atoms with Crippen molar-refractivity contribution in [1.82, 2.24) is 0 Å². The van der Waals surface area contributed by atoms with Crippen LogP contribution in [0.4, 0.5) is 0 Å². The van der Waals surface area contributed by atoms with Crippen LogP contribution in [0.15, 0.2) is 23.1 Å². The molecule has 1 aliphatic heterocycles. The van der Waals surface area contributed by atoms with E-state index in [0.717, 1.165) is 5.56 Å². The van der Waals surface area contributed by atoms with Gasteiger partial charge in [-0.2, -0.15) is 0 Å². The molecule has 1 heterocycles. The fraction of sp³-hybridized carbons (Fsp3) is 0.538. The lowest BCUT2D eigenvalue weighted by molar-refractivity contribution is -0.277. The van der Waals surface area contributed by atoms with Crippen molar-refractivity contribution in [3.63, 3.8) is 0 Å². The topological polar surface area (TPSA) is 99.4 Å². The van der Waals surface area contributed by atoms with Crippen molar-refractivity contribution in [3.8, 4) is 5.75 Å². The third-order valence-corrected chi connectivity index (χ3v) is 3.58. The van der Waals surface area contributed by atoms with Gasteiger partial charge in [-0.25, -0.2) is 0 Å². The summed E-state index contributed by atoms with van der Waals surface area (Å²) >= 11 is 4.24. The van der Waals surface area contributed by atoms with Crippen LogP contribution < -0.4 is 4.74 Å². The number of hydrogen-bond donors (Lipinski definition) is 5. The highest BCUT2D eigenvalue weighted by Crippen LogP contribution is 2.29. The molecule has 0 aromatic heterocycles. The predicted molar refractivity (Wildman–Crippen MR) is 72.8 cm³/mol. The van der Waals surface area contributed by atoms with Crippen molar-refractivity contribution >= 4 is 12.6 Å². The number of aliphatic hydroxyl groups is 4. The molecule has 0 bridgehead atoms. The summed E-state index contributed by atoms with van der Waals surface area (Å²) in [6, 6.07) is 5.30. The van der Waals surface area contributed by atoms with E-state index in [9.17, 15) is 15.3 Å². The smallest absolute Gasteiger partial charge is 0.229 e. The molecule has 112 valence electrons. The Morgan fingerprint density at radius 1 is 1.20 bits per heavy atom. The predicted octanol–water partition coefficient (Wildman–Crippen LogP) is -0.538. The molecule has 0 saturated carbocycles. The molecule has 1 saturated heterocycles. The van der Waals surface area contributed by atoms with Crippen LogP contribution in [-0.2, 0) is 4.74 Å². The molecule has 7 heteroatoms. The number of aliphatic hydroxyl groups excluding tert-OH is 4. The van der Waals surface area contributed by atoms with Crippen LogP contribution in [0.3, 0.4) is 0 Å². The summed E-state index contributed by atoms with van der Waals surface area (Å²) in [6.07, 6.45) is -6.48. The van der Waals surface area contributed by atoms with Crippen LogP contribution in [0, 0.1) is 6.92 Å². The first-order chi connectivity index (χ1) is 9.43. The molecule has 0 radical (unpaired) electrons. The van der Waals surface area contributed by atoms with Gasteiger partial charge in [-0.15, -0.1) is 12.6 Å². The molecule has 4 N–H and O–H groups in total. The van der Waals surface area contributed by atoms with Gasteiger partial charge in [0.1, 0.15) is 30.2 Å². The van der Waals surface area contributed by atoms with E-state index < -0.39 is 37.3 Å². The minimum atomic E-state index is -1.46. The fourth-order valence-corrected chi connectivity index (χ4v) is 2.20. The summed E-state index contributed by atoms with van der Waals surface area (Å²) in [5, 5.41) is 38.3. The first-order valence-corrected chi connectivity index (χ1v) is 6.65. The number of ether oxygens (including phenoxy) is 2. The zero-order chi connectivity index (χ0) is 14.9. The molecule has 0 amide bonds. The van der Waals surface area contributed by atoms with E-state index in [-0.39, 0.29) is 0 Å². The zero-order valence-corrected chi connectivity index (χ0v) is 11.8. The molecule has 0 spiro atoms. The van der Waals surface area contributed by atoms with Gasteiger partial charge in [-0.3, -0.25) is 0 Å². The molecule has 6 nitrogen and oxygen atoms in total. The highest BCUT2D eigenvalue weighted by Gasteiger charge is 2.44. The van der Waals surface area contributed by atoms with Gasteiger partial charge in [-0.05, 0) is 24.6 Å². The van der Waals surface area contributed by atoms with Crippen LogP contribution in [0.2, 0.25) is 0 Å². The Labute approximate surface area is 122 Å². The largest absolute Gasteiger partial charge is 0.461 e. The highest BCUT2D eigenvalue weighted by molar-refractivity contribution is 7.80. The van der Waals surface area contributed by atoms with Crippen molar-refractivity contribution in [2.75, 3.05) is 6.61 Å². The van der Waals surface area contributed by atoms with E-state index >= 15 is 0 Å². The molecular formula is C13H18O6S. The Balaban J connectivity index is 2.17. The molecule has 1 aliphatic rings. The number of rotatable bonds is 3. The van der Waals surface area contributed by atoms with Gasteiger partial charge in [0.25, 0.3) is 0 Å². The van der Waals surface area contributed by atoms with Gasteiger partial charge in [-0.1, -0.05) is 6.07 Å². The van der Waals surface area contributed by atoms with Gasteiger partial charge < -0.3 is 29.9 Å². The van der Waals surface area contributed by atoms with E-state index in [4.69, 9.17) is 14.6 Å². The van der Waals surface area contributed by atoms with Crippen molar-refractivity contribution < 1.29 is 29.9 Å². The van der Waals surface area contributed by atoms with Gasteiger partial charge in [0, 0.05) is 4.90 Å². The average Bonchev–Trinajstić information content (AvgIpc) is 2.43. The van der Waals surface area contributed by atoms with Crippen molar-refractivity contribution in [3.05, 3.63) is 23.8 Å². The Bertz CT molecular complexity index is 466. The minimum absolute atomic E-state index is 0.387. The van der Waals surface area contributed by atoms with Crippen molar-refractivity contribution in [2.24, 2.45) is 0 Å². The second-order valence-corrected chi connectivity index (χ2v) is 5.27. The SMILES string of the molecule is Cc1ccc(S)c(OC2O[C@H](CO)[C@@H](O)[C@H](O)[C@H]2O)c1. The van der Waals surface area contributed by atoms with Gasteiger partial charge >= 0.3 is 0 Å². The van der Waals surface area contributed by atoms with E-state index in [1.165, 1.54) is 0 Å². The molecule has 1 aromatic rings. The van der Waals surface area contributed by atoms with Crippen LogP contribution in [0.1, 0.15) is 5.56 Å². The molecule has 5 atom stereocenters. The van der Waals surface area contributed by atoms with E-state index in [2.05, 4.69) is 12.6 Å². The molecular weight excluding hydrogens is 284 g/mol. The normalized spacial score (nSPS) is 34.0. The van der Waals surface area contributed by atoms with Crippen molar-refractivity contribution in [2.45, 2.75) is 42.5 Å². The van der Waals surface area contributed by atoms with Crippen LogP contribution in [0.5, 0.6) is 5.75 Å². The van der Waals surface area contributed by atoms with Crippen LogP contribution in [0.25, 0.3) is 0 Å². The summed E-state index contributed by atoms with van der Waals surface area (Å²) in [6.45, 7) is 1.37. The van der Waals surface area contributed by atoms with Gasteiger partial charge in [0.15, 0.2) is 0 Å². The van der Waals surface area contributed by atoms with Crippen LogP contribution >= 0.6 is 12.6 Å². The monoisotopic (exact) mass is 302 g/mol. The summed E-state index contributed by atoms with van der Waals surface area (Å²) < 4.78 is 10.8. The third-order valence-electron chi connectivity index (χ3n) is 3.21. The Hall–Kier alpha value is -0.830. The first kappa shape index (κ1) is 15.6. The lowest BCUT2D eigenvalue weighted by Gasteiger charge is -2.39. The number of thiol groups is 1. The van der Waals surface area contributed by atoms with E-state index in [0.29, 0.717) is 10.6 Å². The van der Waals surface area contributed by atoms with Gasteiger partial charge in [0.2, 0.25) is 6.29 Å². The van der Waals surface area contributed by atoms with Crippen molar-refractivity contribution in [1.29, 1.82) is 0 Å². The second-order valence-electron chi connectivity index (χ2n) is 4.79. The van der Waals surface area contributed by atoms with E-state index in [1.807, 2.05) is 13.0 Å². The molecule has 0 aliphatic carbocycles. The number of hydrogen-bond acceptors (Lipinski definition) is 7. The molecule has 2 rings (SSSR count). The second kappa shape index (κ2) is 6.30. The van der Waals surface area contributed by atoms with Gasteiger partial charge in [0.05, 0.1) is 6.61 Å². The number of aryl methyl sites for hydroxylation is 1. The lowest BCUT2D eigenvalue weighted by atomic mass is 9.99. The molecule has 1 unspecified atom stereocenters. The maximum Gasteiger partial charge on any atom is 0.229 e. The fourth-order valence-electron chi connectivity index (χ4n) is 2.01. The molecule has 20 heavy (non-hydrogen) atoms. The lowest BCUT2D eigenvalue weighted by Crippen LogP contribution is -2.60. The summed E-state index contributed by atoms with van der Waals surface area (Å²) in [5.74, 6) is 0.387. The van der Waals surface area contributed by atoms with Crippen LogP contribution in [-0.4, -0.2) is 57.7 Å². The number of benzene rings is 1. The Morgan fingerprint density at radius 3 is 2.55 bits per heavy atom. The zero-order valence-electron chi connectivity index (χ0n) is 10.9. The maximum absolute atomic E-state index is 9.88. The van der Waals surface area contributed by atoms with E-state index in [1.54, 1.807) is 12.1 Å².